The first-order chi connectivity index (χ1) is 8.69. The molecule has 6 nitrogen and oxygen atoms in total. The normalized spacial score (nSPS) is 10.1. The number of aromatic nitrogens is 2. The van der Waals surface area contributed by atoms with E-state index in [1.165, 1.54) is 25.1 Å². The van der Waals surface area contributed by atoms with Crippen LogP contribution in [0.3, 0.4) is 0 Å². The molecule has 1 N–H and O–H groups in total. The van der Waals surface area contributed by atoms with Gasteiger partial charge in [0.25, 0.3) is 0 Å². The van der Waals surface area contributed by atoms with E-state index < -0.39 is 5.97 Å². The molecule has 1 aromatic heterocycles. The minimum atomic E-state index is -1.12. The first-order valence-electron chi connectivity index (χ1n) is 5.17. The maximum atomic E-state index is 11.3. The molecule has 0 amide bonds. The van der Waals surface area contributed by atoms with Crippen molar-refractivity contribution >= 4 is 5.97 Å². The van der Waals surface area contributed by atoms with Gasteiger partial charge in [-0.3, -0.25) is 0 Å². The van der Waals surface area contributed by atoms with Crippen molar-refractivity contribution in [2.75, 3.05) is 14.2 Å². The molecule has 0 fully saturated rings. The van der Waals surface area contributed by atoms with Crippen LogP contribution in [0.2, 0.25) is 0 Å². The zero-order valence-electron chi connectivity index (χ0n) is 9.95. The molecule has 0 unspecified atom stereocenters. The molecule has 0 aliphatic carbocycles. The quantitative estimate of drug-likeness (QED) is 0.889. The van der Waals surface area contributed by atoms with Crippen molar-refractivity contribution in [1.82, 2.24) is 9.78 Å². The first-order valence-corrected chi connectivity index (χ1v) is 5.17. The molecule has 0 saturated carbocycles. The summed E-state index contributed by atoms with van der Waals surface area (Å²) in [6, 6.07) is 7.02. The predicted octanol–water partition coefficient (Wildman–Crippen LogP) is 1.59. The molecule has 0 aliphatic rings. The van der Waals surface area contributed by atoms with Gasteiger partial charge in [-0.2, -0.15) is 5.10 Å². The molecule has 1 aromatic carbocycles. The second-order valence-corrected chi connectivity index (χ2v) is 3.45. The number of aromatic carboxylic acids is 1. The molecular weight excluding hydrogens is 236 g/mol. The topological polar surface area (TPSA) is 73.6 Å². The zero-order valence-corrected chi connectivity index (χ0v) is 9.95. The fourth-order valence-electron chi connectivity index (χ4n) is 1.67. The minimum Gasteiger partial charge on any atom is -0.494 e. The van der Waals surface area contributed by atoms with Crippen LogP contribution in [0.15, 0.2) is 30.5 Å². The minimum absolute atomic E-state index is 0.0398. The van der Waals surface area contributed by atoms with Gasteiger partial charge in [0, 0.05) is 0 Å². The molecule has 0 spiro atoms. The molecule has 0 saturated heterocycles. The fraction of sp³-hybridized carbons (Fsp3) is 0.167. The third-order valence-electron chi connectivity index (χ3n) is 2.47. The van der Waals surface area contributed by atoms with Crippen molar-refractivity contribution in [1.29, 1.82) is 0 Å². The molecule has 2 aromatic rings. The summed E-state index contributed by atoms with van der Waals surface area (Å²) in [6.45, 7) is 0. The van der Waals surface area contributed by atoms with Gasteiger partial charge in [0.05, 0.1) is 20.4 Å². The van der Waals surface area contributed by atoms with Crippen molar-refractivity contribution in [3.05, 3.63) is 36.2 Å². The highest BCUT2D eigenvalue weighted by Gasteiger charge is 2.21. The Morgan fingerprint density at radius 2 is 1.89 bits per heavy atom. The molecule has 1 heterocycles. The molecule has 18 heavy (non-hydrogen) atoms. The smallest absolute Gasteiger partial charge is 0.358 e. The molecule has 0 atom stereocenters. The SMILES string of the molecule is COc1ccccc1-n1ncc(OC)c1C(=O)O. The van der Waals surface area contributed by atoms with Gasteiger partial charge in [-0.15, -0.1) is 0 Å². The van der Waals surface area contributed by atoms with E-state index in [4.69, 9.17) is 9.47 Å². The van der Waals surface area contributed by atoms with E-state index in [1.807, 2.05) is 0 Å². The Bertz CT molecular complexity index is 577. The first kappa shape index (κ1) is 12.0. The van der Waals surface area contributed by atoms with E-state index in [0.29, 0.717) is 11.4 Å². The summed E-state index contributed by atoms with van der Waals surface area (Å²) in [7, 11) is 2.91. The number of para-hydroxylation sites is 2. The Morgan fingerprint density at radius 1 is 1.22 bits per heavy atom. The number of carboxylic acid groups (broad SMARTS) is 1. The van der Waals surface area contributed by atoms with Crippen LogP contribution in [0.25, 0.3) is 5.69 Å². The lowest BCUT2D eigenvalue weighted by molar-refractivity contribution is 0.0683. The largest absolute Gasteiger partial charge is 0.494 e. The predicted molar refractivity (Wildman–Crippen MR) is 63.6 cm³/mol. The van der Waals surface area contributed by atoms with Crippen molar-refractivity contribution in [2.45, 2.75) is 0 Å². The van der Waals surface area contributed by atoms with Gasteiger partial charge in [0.2, 0.25) is 0 Å². The Kier molecular flexibility index (Phi) is 3.18. The highest BCUT2D eigenvalue weighted by Crippen LogP contribution is 2.27. The molecule has 0 radical (unpaired) electrons. The number of ether oxygens (including phenoxy) is 2. The van der Waals surface area contributed by atoms with E-state index >= 15 is 0 Å². The summed E-state index contributed by atoms with van der Waals surface area (Å²) in [4.78, 5) is 11.3. The summed E-state index contributed by atoms with van der Waals surface area (Å²) < 4.78 is 11.4. The third-order valence-corrected chi connectivity index (χ3v) is 2.47. The Hall–Kier alpha value is -2.50. The third kappa shape index (κ3) is 1.88. The van der Waals surface area contributed by atoms with E-state index in [0.717, 1.165) is 0 Å². The average molecular weight is 248 g/mol. The van der Waals surface area contributed by atoms with Gasteiger partial charge < -0.3 is 14.6 Å². The standard InChI is InChI=1S/C12H12N2O4/c1-17-9-6-4-3-5-8(9)14-11(12(15)16)10(18-2)7-13-14/h3-7H,1-2H3,(H,15,16). The van der Waals surface area contributed by atoms with E-state index in [9.17, 15) is 9.90 Å². The van der Waals surface area contributed by atoms with Crippen molar-refractivity contribution in [3.8, 4) is 17.2 Å². The van der Waals surface area contributed by atoms with Crippen molar-refractivity contribution < 1.29 is 19.4 Å². The summed E-state index contributed by atoms with van der Waals surface area (Å²) in [6.07, 6.45) is 1.36. The van der Waals surface area contributed by atoms with Crippen LogP contribution in [0, 0.1) is 0 Å². The summed E-state index contributed by atoms with van der Waals surface area (Å²) >= 11 is 0. The maximum Gasteiger partial charge on any atom is 0.358 e. The lowest BCUT2D eigenvalue weighted by atomic mass is 10.3. The Balaban J connectivity index is 2.64. The van der Waals surface area contributed by atoms with Gasteiger partial charge in [0.15, 0.2) is 11.4 Å². The highest BCUT2D eigenvalue weighted by molar-refractivity contribution is 5.89. The Morgan fingerprint density at radius 3 is 2.50 bits per heavy atom. The lowest BCUT2D eigenvalue weighted by Gasteiger charge is -2.09. The summed E-state index contributed by atoms with van der Waals surface area (Å²) in [5.41, 5.74) is 0.503. The number of hydrogen-bond acceptors (Lipinski definition) is 4. The highest BCUT2D eigenvalue weighted by atomic mass is 16.5. The maximum absolute atomic E-state index is 11.3. The second-order valence-electron chi connectivity index (χ2n) is 3.45. The van der Waals surface area contributed by atoms with E-state index in [1.54, 1.807) is 24.3 Å². The molecule has 6 heteroatoms. The molecule has 0 aliphatic heterocycles. The zero-order chi connectivity index (χ0) is 13.1. The number of methoxy groups -OCH3 is 2. The summed E-state index contributed by atoms with van der Waals surface area (Å²) in [5.74, 6) is -0.380. The number of benzene rings is 1. The van der Waals surface area contributed by atoms with E-state index in [-0.39, 0.29) is 11.4 Å². The number of carbonyl (C=O) groups is 1. The molecule has 2 rings (SSSR count). The molecule has 94 valence electrons. The number of carboxylic acids is 1. The van der Waals surface area contributed by atoms with Gasteiger partial charge in [0.1, 0.15) is 11.4 Å². The number of hydrogen-bond donors (Lipinski definition) is 1. The average Bonchev–Trinajstić information content (AvgIpc) is 2.82. The summed E-state index contributed by atoms with van der Waals surface area (Å²) in [5, 5.41) is 13.2. The fourth-order valence-corrected chi connectivity index (χ4v) is 1.67. The van der Waals surface area contributed by atoms with Crippen LogP contribution in [-0.2, 0) is 0 Å². The van der Waals surface area contributed by atoms with Crippen LogP contribution in [0.4, 0.5) is 0 Å². The van der Waals surface area contributed by atoms with Crippen LogP contribution >= 0.6 is 0 Å². The van der Waals surface area contributed by atoms with Crippen molar-refractivity contribution in [2.24, 2.45) is 0 Å². The lowest BCUT2D eigenvalue weighted by Crippen LogP contribution is -2.10. The monoisotopic (exact) mass is 248 g/mol. The van der Waals surface area contributed by atoms with Gasteiger partial charge >= 0.3 is 5.97 Å². The van der Waals surface area contributed by atoms with Gasteiger partial charge in [-0.25, -0.2) is 9.48 Å². The second kappa shape index (κ2) is 4.79. The molecule has 0 bridgehead atoms. The van der Waals surface area contributed by atoms with E-state index in [2.05, 4.69) is 5.10 Å². The van der Waals surface area contributed by atoms with Gasteiger partial charge in [-0.05, 0) is 12.1 Å². The van der Waals surface area contributed by atoms with Crippen LogP contribution < -0.4 is 9.47 Å². The van der Waals surface area contributed by atoms with Gasteiger partial charge in [-0.1, -0.05) is 12.1 Å². The van der Waals surface area contributed by atoms with Crippen molar-refractivity contribution in [3.63, 3.8) is 0 Å². The van der Waals surface area contributed by atoms with Crippen LogP contribution in [0.1, 0.15) is 10.5 Å². The number of rotatable bonds is 4. The number of nitrogens with zero attached hydrogens (tertiary/aromatic N) is 2. The molecular formula is C12H12N2O4. The Labute approximate surface area is 103 Å². The van der Waals surface area contributed by atoms with Crippen LogP contribution in [0.5, 0.6) is 11.5 Å². The van der Waals surface area contributed by atoms with Crippen LogP contribution in [-0.4, -0.2) is 35.1 Å².